The van der Waals surface area contributed by atoms with Gasteiger partial charge in [-0.05, 0) is 37.5 Å². The zero-order valence-electron chi connectivity index (χ0n) is 14.0. The van der Waals surface area contributed by atoms with Gasteiger partial charge in [-0.1, -0.05) is 0 Å². The molecule has 0 radical (unpaired) electrons. The lowest BCUT2D eigenvalue weighted by Gasteiger charge is -2.34. The average molecular weight is 343 g/mol. The number of amidine groups is 1. The van der Waals surface area contributed by atoms with Gasteiger partial charge in [0.05, 0.1) is 18.8 Å². The highest BCUT2D eigenvalue weighted by Crippen LogP contribution is 2.23. The third kappa shape index (κ3) is 3.22. The minimum absolute atomic E-state index is 0.216. The van der Waals surface area contributed by atoms with Crippen molar-refractivity contribution in [2.24, 2.45) is 9.98 Å². The van der Waals surface area contributed by atoms with E-state index in [-0.39, 0.29) is 6.02 Å². The highest BCUT2D eigenvalue weighted by molar-refractivity contribution is 5.98. The highest BCUT2D eigenvalue weighted by Gasteiger charge is 2.34. The van der Waals surface area contributed by atoms with Crippen LogP contribution in [0.25, 0.3) is 10.9 Å². The number of nitrogens with zero attached hydrogens (tertiary/aromatic N) is 4. The maximum atomic E-state index is 10.9. The quantitative estimate of drug-likeness (QED) is 0.606. The number of aromatic nitrogens is 2. The molecule has 1 atom stereocenters. The summed E-state index contributed by atoms with van der Waals surface area (Å²) >= 11 is 0. The molecule has 2 aliphatic heterocycles. The molecule has 25 heavy (non-hydrogen) atoms. The average Bonchev–Trinajstić information content (AvgIpc) is 3.09. The lowest BCUT2D eigenvalue weighted by atomic mass is 10.1. The fraction of sp³-hybridized carbons (Fsp3) is 0.438. The molecule has 0 saturated carbocycles. The van der Waals surface area contributed by atoms with Gasteiger partial charge < -0.3 is 20.1 Å². The van der Waals surface area contributed by atoms with E-state index in [1.807, 2.05) is 18.2 Å². The molecule has 0 spiro atoms. The van der Waals surface area contributed by atoms with Crippen LogP contribution >= 0.6 is 0 Å². The second-order valence-corrected chi connectivity index (χ2v) is 6.16. The van der Waals surface area contributed by atoms with Crippen LogP contribution < -0.4 is 10.6 Å². The summed E-state index contributed by atoms with van der Waals surface area (Å²) in [7, 11) is 1.50. The summed E-state index contributed by atoms with van der Waals surface area (Å²) in [4.78, 5) is 10.6. The molecule has 2 aromatic rings. The number of anilines is 1. The third-order valence-electron chi connectivity index (χ3n) is 4.34. The number of rotatable bonds is 2. The minimum Gasteiger partial charge on any atom is -0.468 e. The van der Waals surface area contributed by atoms with Gasteiger partial charge in [0.1, 0.15) is 0 Å². The Morgan fingerprint density at radius 3 is 2.88 bits per heavy atom. The second kappa shape index (κ2) is 6.25. The van der Waals surface area contributed by atoms with Crippen LogP contribution in [0.15, 0.2) is 34.4 Å². The largest absolute Gasteiger partial charge is 0.468 e. The molecule has 9 nitrogen and oxygen atoms in total. The summed E-state index contributed by atoms with van der Waals surface area (Å²) in [6.45, 7) is 1.78. The molecule has 2 aliphatic rings. The molecule has 4 N–H and O–H groups in total. The van der Waals surface area contributed by atoms with E-state index in [2.05, 4.69) is 35.7 Å². The summed E-state index contributed by atoms with van der Waals surface area (Å²) in [5.41, 5.74) is 1.53. The maximum absolute atomic E-state index is 10.9. The molecule has 3 heterocycles. The van der Waals surface area contributed by atoms with Gasteiger partial charge in [-0.15, -0.1) is 0 Å². The number of hydrogen-bond donors (Lipinski definition) is 4. The van der Waals surface area contributed by atoms with Gasteiger partial charge in [-0.3, -0.25) is 10.4 Å². The van der Waals surface area contributed by atoms with Crippen molar-refractivity contribution in [1.29, 1.82) is 0 Å². The fourth-order valence-corrected chi connectivity index (χ4v) is 3.08. The molecule has 0 bridgehead atoms. The summed E-state index contributed by atoms with van der Waals surface area (Å²) in [6.07, 6.45) is 5.15. The van der Waals surface area contributed by atoms with Crippen molar-refractivity contribution in [1.82, 2.24) is 20.4 Å². The van der Waals surface area contributed by atoms with E-state index in [9.17, 15) is 5.11 Å². The Kier molecular flexibility index (Phi) is 3.92. The van der Waals surface area contributed by atoms with E-state index < -0.39 is 5.97 Å². The number of nitrogens with one attached hydrogen (secondary N) is 3. The van der Waals surface area contributed by atoms with Crippen LogP contribution in [0.3, 0.4) is 0 Å². The summed E-state index contributed by atoms with van der Waals surface area (Å²) in [5.74, 6) is -1.28. The number of aromatic amines is 1. The molecule has 4 rings (SSSR count). The Morgan fingerprint density at radius 1 is 1.24 bits per heavy atom. The predicted octanol–water partition coefficient (Wildman–Crippen LogP) is 1.03. The van der Waals surface area contributed by atoms with Crippen LogP contribution in [0.1, 0.15) is 19.3 Å². The van der Waals surface area contributed by atoms with Gasteiger partial charge in [0, 0.05) is 24.2 Å². The van der Waals surface area contributed by atoms with E-state index in [1.165, 1.54) is 13.5 Å². The van der Waals surface area contributed by atoms with Gasteiger partial charge in [0.15, 0.2) is 0 Å². The van der Waals surface area contributed by atoms with Crippen LogP contribution in [0.4, 0.5) is 5.69 Å². The van der Waals surface area contributed by atoms with Crippen molar-refractivity contribution in [3.05, 3.63) is 24.4 Å². The zero-order chi connectivity index (χ0) is 17.3. The Morgan fingerprint density at radius 2 is 2.08 bits per heavy atom. The van der Waals surface area contributed by atoms with Crippen LogP contribution in [0, 0.1) is 0 Å². The first-order valence-corrected chi connectivity index (χ1v) is 8.34. The number of guanidine groups is 1. The highest BCUT2D eigenvalue weighted by atomic mass is 16.5. The van der Waals surface area contributed by atoms with Crippen molar-refractivity contribution in [3.8, 4) is 0 Å². The first kappa shape index (κ1) is 15.7. The molecule has 1 fully saturated rings. The number of fused-ring (bicyclic) bond motifs is 1. The Bertz CT molecular complexity index is 825. The Balaban J connectivity index is 1.62. The van der Waals surface area contributed by atoms with Gasteiger partial charge in [-0.2, -0.15) is 15.1 Å². The normalized spacial score (nSPS) is 23.7. The van der Waals surface area contributed by atoms with Gasteiger partial charge in [-0.25, -0.2) is 0 Å². The number of benzene rings is 1. The van der Waals surface area contributed by atoms with Crippen molar-refractivity contribution < 1.29 is 9.84 Å². The standard InChI is InChI=1S/C16H21N7O2/c1-25-15-18-14(23-7-3-2-4-8-23)20-16(24,21-15)19-12-6-5-11-10-17-22-13(11)9-12/h5-6,9-10,19,24H,2-4,7-8H2,1H3,(H,17,22)(H,18,20,21). The monoisotopic (exact) mass is 343 g/mol. The van der Waals surface area contributed by atoms with E-state index >= 15 is 0 Å². The number of aliphatic imine (C=N–C) groups is 2. The molecule has 0 amide bonds. The molecule has 1 aromatic carbocycles. The third-order valence-corrected chi connectivity index (χ3v) is 4.34. The van der Waals surface area contributed by atoms with E-state index in [0.29, 0.717) is 11.6 Å². The SMILES string of the molecule is COC1=NC(O)(Nc2ccc3cn[nH]c3c2)N=C(N2CCCCC2)N1. The molecular formula is C16H21N7O2. The van der Waals surface area contributed by atoms with Crippen molar-refractivity contribution in [3.63, 3.8) is 0 Å². The number of H-pyrrole nitrogens is 1. The maximum Gasteiger partial charge on any atom is 0.348 e. The molecule has 0 aliphatic carbocycles. The van der Waals surface area contributed by atoms with Crippen LogP contribution in [-0.4, -0.2) is 58.4 Å². The number of aliphatic hydroxyl groups is 1. The Hall–Kier alpha value is -2.81. The number of ether oxygens (including phenoxy) is 1. The van der Waals surface area contributed by atoms with Crippen molar-refractivity contribution in [2.75, 3.05) is 25.5 Å². The van der Waals surface area contributed by atoms with Gasteiger partial charge in [0.2, 0.25) is 5.96 Å². The van der Waals surface area contributed by atoms with Crippen LogP contribution in [0.5, 0.6) is 0 Å². The number of hydrogen-bond acceptors (Lipinski definition) is 8. The second-order valence-electron chi connectivity index (χ2n) is 6.16. The molecule has 1 saturated heterocycles. The van der Waals surface area contributed by atoms with E-state index in [1.54, 1.807) is 6.20 Å². The van der Waals surface area contributed by atoms with Gasteiger partial charge in [0.25, 0.3) is 6.02 Å². The van der Waals surface area contributed by atoms with Crippen LogP contribution in [-0.2, 0) is 4.74 Å². The minimum atomic E-state index is -1.84. The first-order chi connectivity index (χ1) is 12.1. The molecule has 1 unspecified atom stereocenters. The first-order valence-electron chi connectivity index (χ1n) is 8.34. The molecule has 1 aromatic heterocycles. The molecular weight excluding hydrogens is 322 g/mol. The number of piperidine rings is 1. The summed E-state index contributed by atoms with van der Waals surface area (Å²) in [5, 5.41) is 24.8. The van der Waals surface area contributed by atoms with E-state index in [0.717, 1.165) is 36.8 Å². The zero-order valence-corrected chi connectivity index (χ0v) is 14.0. The lowest BCUT2D eigenvalue weighted by Crippen LogP contribution is -2.53. The predicted molar refractivity (Wildman–Crippen MR) is 95.1 cm³/mol. The Labute approximate surface area is 144 Å². The van der Waals surface area contributed by atoms with Crippen LogP contribution in [0.2, 0.25) is 0 Å². The number of likely N-dealkylation sites (tertiary alicyclic amines) is 1. The van der Waals surface area contributed by atoms with E-state index in [4.69, 9.17) is 4.74 Å². The summed E-state index contributed by atoms with van der Waals surface area (Å²) < 4.78 is 5.22. The van der Waals surface area contributed by atoms with Crippen molar-refractivity contribution in [2.45, 2.75) is 25.2 Å². The molecule has 9 heteroatoms. The number of methoxy groups -OCH3 is 1. The van der Waals surface area contributed by atoms with Gasteiger partial charge >= 0.3 is 5.97 Å². The smallest absolute Gasteiger partial charge is 0.348 e. The summed E-state index contributed by atoms with van der Waals surface area (Å²) in [6, 6.07) is 5.81. The fourth-order valence-electron chi connectivity index (χ4n) is 3.08. The van der Waals surface area contributed by atoms with Crippen molar-refractivity contribution >= 4 is 28.6 Å². The molecule has 132 valence electrons. The lowest BCUT2D eigenvalue weighted by molar-refractivity contribution is 0.0807. The topological polar surface area (TPSA) is 110 Å².